The third-order valence-electron chi connectivity index (χ3n) is 8.13. The predicted octanol–water partition coefficient (Wildman–Crippen LogP) is 8.80. The van der Waals surface area contributed by atoms with Crippen LogP contribution in [0.3, 0.4) is 0 Å². The standard InChI is InChI=1S/C35H66O5/c1-3-5-7-9-11-13-15-16-18-20-22-24-26-28-32(37)31(29-33(38)35(40)34(39)30-36)27-25-23-21-19-17-14-12-10-8-6-4-2/h14,17,31,34-36,39-40H,3-13,15-16,18-30H2,1-2H3/b17-14-. The van der Waals surface area contributed by atoms with E-state index < -0.39 is 30.5 Å². The molecule has 0 radical (unpaired) electrons. The number of hydrogen-bond donors (Lipinski definition) is 3. The molecule has 0 aliphatic heterocycles. The van der Waals surface area contributed by atoms with E-state index in [1.54, 1.807) is 0 Å². The van der Waals surface area contributed by atoms with Gasteiger partial charge in [-0.15, -0.1) is 0 Å². The third kappa shape index (κ3) is 23.6. The molecule has 5 nitrogen and oxygen atoms in total. The average Bonchev–Trinajstić information content (AvgIpc) is 2.96. The first kappa shape index (κ1) is 39.0. The lowest BCUT2D eigenvalue weighted by molar-refractivity contribution is -0.138. The Balaban J connectivity index is 4.25. The highest BCUT2D eigenvalue weighted by atomic mass is 16.4. The minimum Gasteiger partial charge on any atom is -0.394 e. The Morgan fingerprint density at radius 2 is 1.00 bits per heavy atom. The Labute approximate surface area is 247 Å². The predicted molar refractivity (Wildman–Crippen MR) is 169 cm³/mol. The summed E-state index contributed by atoms with van der Waals surface area (Å²) in [7, 11) is 0. The first-order valence-corrected chi connectivity index (χ1v) is 17.1. The van der Waals surface area contributed by atoms with Crippen molar-refractivity contribution in [3.8, 4) is 0 Å². The number of carbonyl (C=O) groups excluding carboxylic acids is 2. The largest absolute Gasteiger partial charge is 0.394 e. The molecule has 3 N–H and O–H groups in total. The normalized spacial score (nSPS) is 14.0. The summed E-state index contributed by atoms with van der Waals surface area (Å²) < 4.78 is 0. The quantitative estimate of drug-likeness (QED) is 0.0576. The van der Waals surface area contributed by atoms with E-state index in [0.717, 1.165) is 51.4 Å². The van der Waals surface area contributed by atoms with Crippen LogP contribution < -0.4 is 0 Å². The minimum atomic E-state index is -1.63. The molecule has 0 rings (SSSR count). The average molecular weight is 567 g/mol. The summed E-state index contributed by atoms with van der Waals surface area (Å²) in [5, 5.41) is 28.7. The fourth-order valence-corrected chi connectivity index (χ4v) is 5.33. The molecular formula is C35H66O5. The Morgan fingerprint density at radius 1 is 0.575 bits per heavy atom. The van der Waals surface area contributed by atoms with Crippen LogP contribution >= 0.6 is 0 Å². The van der Waals surface area contributed by atoms with Gasteiger partial charge in [-0.3, -0.25) is 9.59 Å². The second-order valence-electron chi connectivity index (χ2n) is 12.0. The maximum atomic E-state index is 13.0. The van der Waals surface area contributed by atoms with E-state index in [0.29, 0.717) is 12.8 Å². The molecule has 5 heteroatoms. The van der Waals surface area contributed by atoms with E-state index >= 15 is 0 Å². The van der Waals surface area contributed by atoms with Gasteiger partial charge in [0.1, 0.15) is 18.0 Å². The number of ketones is 2. The first-order valence-electron chi connectivity index (χ1n) is 17.1. The number of Topliss-reactive ketones (excluding diaryl/α,β-unsaturated/α-hetero) is 2. The molecule has 0 saturated heterocycles. The first-order chi connectivity index (χ1) is 19.5. The van der Waals surface area contributed by atoms with Gasteiger partial charge in [0.25, 0.3) is 0 Å². The molecule has 0 heterocycles. The second kappa shape index (κ2) is 29.5. The van der Waals surface area contributed by atoms with Crippen molar-refractivity contribution < 1.29 is 24.9 Å². The van der Waals surface area contributed by atoms with Crippen molar-refractivity contribution in [2.75, 3.05) is 6.61 Å². The molecule has 0 aromatic carbocycles. The van der Waals surface area contributed by atoms with Gasteiger partial charge < -0.3 is 15.3 Å². The van der Waals surface area contributed by atoms with Gasteiger partial charge >= 0.3 is 0 Å². The fraction of sp³-hybridized carbons (Fsp3) is 0.886. The van der Waals surface area contributed by atoms with Crippen molar-refractivity contribution in [1.82, 2.24) is 0 Å². The number of rotatable bonds is 31. The molecule has 0 aliphatic rings. The van der Waals surface area contributed by atoms with E-state index in [2.05, 4.69) is 26.0 Å². The molecule has 0 aromatic rings. The summed E-state index contributed by atoms with van der Waals surface area (Å²) in [6, 6.07) is 0. The van der Waals surface area contributed by atoms with Gasteiger partial charge in [0.15, 0.2) is 5.78 Å². The molecule has 236 valence electrons. The van der Waals surface area contributed by atoms with Crippen molar-refractivity contribution in [1.29, 1.82) is 0 Å². The maximum Gasteiger partial charge on any atom is 0.164 e. The monoisotopic (exact) mass is 566 g/mol. The van der Waals surface area contributed by atoms with Crippen LogP contribution in [0.1, 0.15) is 174 Å². The van der Waals surface area contributed by atoms with Gasteiger partial charge in [-0.1, -0.05) is 135 Å². The van der Waals surface area contributed by atoms with Crippen LogP contribution in [-0.4, -0.2) is 45.7 Å². The van der Waals surface area contributed by atoms with Crippen LogP contribution in [0.15, 0.2) is 12.2 Å². The van der Waals surface area contributed by atoms with Crippen LogP contribution in [0, 0.1) is 5.92 Å². The SMILES string of the molecule is CCCCCC/C=C\CCCCCC(CC(=O)C(O)C(O)CO)C(=O)CCCCCCCCCCCCCCC. The smallest absolute Gasteiger partial charge is 0.164 e. The second-order valence-corrected chi connectivity index (χ2v) is 12.0. The number of carbonyl (C=O) groups is 2. The zero-order valence-corrected chi connectivity index (χ0v) is 26.4. The lowest BCUT2D eigenvalue weighted by atomic mass is 9.87. The summed E-state index contributed by atoms with van der Waals surface area (Å²) in [5.74, 6) is -0.843. The Bertz CT molecular complexity index is 603. The lowest BCUT2D eigenvalue weighted by Gasteiger charge is -2.19. The fourth-order valence-electron chi connectivity index (χ4n) is 5.33. The molecule has 40 heavy (non-hydrogen) atoms. The molecule has 0 saturated carbocycles. The van der Waals surface area contributed by atoms with Crippen molar-refractivity contribution in [2.45, 2.75) is 187 Å². The van der Waals surface area contributed by atoms with Crippen LogP contribution in [0.2, 0.25) is 0 Å². The Hall–Kier alpha value is -1.04. The number of aliphatic hydroxyl groups is 3. The molecule has 3 unspecified atom stereocenters. The molecule has 0 fully saturated rings. The van der Waals surface area contributed by atoms with Crippen LogP contribution in [-0.2, 0) is 9.59 Å². The minimum absolute atomic E-state index is 0.0484. The number of allylic oxidation sites excluding steroid dienone is 2. The van der Waals surface area contributed by atoms with Gasteiger partial charge in [0, 0.05) is 18.8 Å². The zero-order chi connectivity index (χ0) is 29.7. The van der Waals surface area contributed by atoms with Gasteiger partial charge in [-0.2, -0.15) is 0 Å². The highest BCUT2D eigenvalue weighted by molar-refractivity contribution is 5.90. The van der Waals surface area contributed by atoms with Gasteiger partial charge in [-0.05, 0) is 38.5 Å². The van der Waals surface area contributed by atoms with Crippen LogP contribution in [0.4, 0.5) is 0 Å². The summed E-state index contributed by atoms with van der Waals surface area (Å²) in [4.78, 5) is 25.5. The molecular weight excluding hydrogens is 500 g/mol. The van der Waals surface area contributed by atoms with E-state index in [1.165, 1.54) is 89.9 Å². The molecule has 0 amide bonds. The number of aliphatic hydroxyl groups excluding tert-OH is 3. The topological polar surface area (TPSA) is 94.8 Å². The van der Waals surface area contributed by atoms with Gasteiger partial charge in [0.2, 0.25) is 0 Å². The zero-order valence-electron chi connectivity index (χ0n) is 26.4. The Morgan fingerprint density at radius 3 is 1.48 bits per heavy atom. The highest BCUT2D eigenvalue weighted by Crippen LogP contribution is 2.21. The third-order valence-corrected chi connectivity index (χ3v) is 8.13. The maximum absolute atomic E-state index is 13.0. The lowest BCUT2D eigenvalue weighted by Crippen LogP contribution is -2.38. The summed E-state index contributed by atoms with van der Waals surface area (Å²) >= 11 is 0. The Kier molecular flexibility index (Phi) is 28.7. The molecule has 3 atom stereocenters. The van der Waals surface area contributed by atoms with Crippen LogP contribution in [0.5, 0.6) is 0 Å². The van der Waals surface area contributed by atoms with E-state index in [-0.39, 0.29) is 12.2 Å². The van der Waals surface area contributed by atoms with Gasteiger partial charge in [-0.25, -0.2) is 0 Å². The number of unbranched alkanes of at least 4 members (excludes halogenated alkanes) is 19. The van der Waals surface area contributed by atoms with Gasteiger partial charge in [0.05, 0.1) is 6.61 Å². The van der Waals surface area contributed by atoms with Crippen molar-refractivity contribution in [3.05, 3.63) is 12.2 Å². The molecule has 0 aromatic heterocycles. The summed E-state index contributed by atoms with van der Waals surface area (Å²) in [6.45, 7) is 3.81. The van der Waals surface area contributed by atoms with E-state index in [9.17, 15) is 19.8 Å². The molecule has 0 bridgehead atoms. The highest BCUT2D eigenvalue weighted by Gasteiger charge is 2.28. The molecule has 0 aliphatic carbocycles. The van der Waals surface area contributed by atoms with Crippen molar-refractivity contribution >= 4 is 11.6 Å². The van der Waals surface area contributed by atoms with E-state index in [4.69, 9.17) is 5.11 Å². The van der Waals surface area contributed by atoms with Crippen molar-refractivity contribution in [2.24, 2.45) is 5.92 Å². The summed E-state index contributed by atoms with van der Waals surface area (Å²) in [6.07, 6.45) is 29.2. The molecule has 0 spiro atoms. The summed E-state index contributed by atoms with van der Waals surface area (Å²) in [5.41, 5.74) is 0. The number of hydrogen-bond acceptors (Lipinski definition) is 5. The van der Waals surface area contributed by atoms with Crippen LogP contribution in [0.25, 0.3) is 0 Å². The van der Waals surface area contributed by atoms with E-state index in [1.807, 2.05) is 0 Å². The van der Waals surface area contributed by atoms with Crippen molar-refractivity contribution in [3.63, 3.8) is 0 Å².